The molecular weight excluding hydrogens is 802 g/mol. The summed E-state index contributed by atoms with van der Waals surface area (Å²) in [6.45, 7) is 8.25. The number of hydrogen-bond acceptors (Lipinski definition) is 14. The van der Waals surface area contributed by atoms with Gasteiger partial charge in [0, 0.05) is 39.3 Å². The Morgan fingerprint density at radius 3 is 2.12 bits per heavy atom. The van der Waals surface area contributed by atoms with Gasteiger partial charge >= 0.3 is 5.97 Å². The first kappa shape index (κ1) is 52.6. The number of hydrogen-bond donors (Lipinski definition) is 8. The minimum absolute atomic E-state index is 0.0101. The molecule has 0 bridgehead atoms. The second kappa shape index (κ2) is 28.1. The number of aliphatic carboxylic acids is 1. The highest BCUT2D eigenvalue weighted by atomic mass is 32.2. The number of rotatable bonds is 25. The van der Waals surface area contributed by atoms with Crippen molar-refractivity contribution in [3.05, 3.63) is 23.8 Å². The number of carboxylic acids is 1. The monoisotopic (exact) mass is 863 g/mol. The quantitative estimate of drug-likeness (QED) is 0.0472. The van der Waals surface area contributed by atoms with E-state index in [1.165, 1.54) is 7.11 Å². The van der Waals surface area contributed by atoms with Gasteiger partial charge in [-0.15, -0.1) is 0 Å². The molecule has 1 heterocycles. The van der Waals surface area contributed by atoms with E-state index in [2.05, 4.69) is 26.6 Å². The van der Waals surface area contributed by atoms with Crippen molar-refractivity contribution in [2.75, 3.05) is 64.7 Å². The third-order valence-electron chi connectivity index (χ3n) is 7.93. The summed E-state index contributed by atoms with van der Waals surface area (Å²) in [6, 6.07) is 3.90. The molecule has 59 heavy (non-hydrogen) atoms. The van der Waals surface area contributed by atoms with Gasteiger partial charge in [0.05, 0.1) is 64.2 Å². The van der Waals surface area contributed by atoms with Crippen LogP contribution < -0.4 is 31.3 Å². The lowest BCUT2D eigenvalue weighted by molar-refractivity contribution is -0.195. The standard InChI is InChI=1S/C36H57N5O13.CH4O3S/c1-22(2)6-9-29(43)38-19-31(45)37-11-13-52-15-14-51-12-10-30(44)41-34(23(3)4)35(47)39-20-32(46)40-26-8-7-24(21-50-5)16-27(26)53-33-18-25(42)17-28(54-33)36(48)49;1-5(2,3)4/h7-8,16,22-23,25,28,33-34,42H,6,9-15,17-21H2,1-5H3,(H,37,45)(H,38,43)(H,39,47)(H,40,46)(H,41,44)(H,48,49);1H3,(H,2,3,4). The van der Waals surface area contributed by atoms with E-state index >= 15 is 0 Å². The summed E-state index contributed by atoms with van der Waals surface area (Å²) >= 11 is 0. The minimum atomic E-state index is -3.67. The molecule has 0 spiro atoms. The number of aliphatic hydroxyl groups is 1. The first-order chi connectivity index (χ1) is 27.7. The lowest BCUT2D eigenvalue weighted by Gasteiger charge is -2.31. The number of carboxylic acid groups (broad SMARTS) is 1. The number of nitrogens with one attached hydrogen (secondary N) is 5. The van der Waals surface area contributed by atoms with Crippen molar-refractivity contribution in [1.82, 2.24) is 21.3 Å². The van der Waals surface area contributed by atoms with E-state index in [-0.39, 0.29) is 94.6 Å². The van der Waals surface area contributed by atoms with Gasteiger partial charge in [-0.25, -0.2) is 4.79 Å². The van der Waals surface area contributed by atoms with Gasteiger partial charge in [-0.2, -0.15) is 8.42 Å². The van der Waals surface area contributed by atoms with Gasteiger partial charge in [-0.05, 0) is 36.0 Å². The number of carbonyl (C=O) groups excluding carboxylic acids is 5. The third-order valence-corrected chi connectivity index (χ3v) is 7.93. The molecule has 1 aromatic carbocycles. The molecule has 4 atom stereocenters. The normalized spacial score (nSPS) is 16.9. The average Bonchev–Trinajstić information content (AvgIpc) is 3.13. The van der Waals surface area contributed by atoms with Gasteiger partial charge in [0.1, 0.15) is 11.8 Å². The maximum Gasteiger partial charge on any atom is 0.333 e. The summed E-state index contributed by atoms with van der Waals surface area (Å²) in [7, 11) is -2.16. The predicted octanol–water partition coefficient (Wildman–Crippen LogP) is -0.0462. The second-order valence-corrected chi connectivity index (χ2v) is 15.7. The first-order valence-corrected chi connectivity index (χ1v) is 20.9. The zero-order valence-corrected chi connectivity index (χ0v) is 35.3. The van der Waals surface area contributed by atoms with Crippen LogP contribution in [0.1, 0.15) is 65.4 Å². The molecule has 22 heteroatoms. The molecule has 0 aromatic heterocycles. The zero-order chi connectivity index (χ0) is 44.5. The highest BCUT2D eigenvalue weighted by Gasteiger charge is 2.34. The van der Waals surface area contributed by atoms with Gasteiger partial charge in [0.2, 0.25) is 35.8 Å². The molecule has 1 aliphatic rings. The van der Waals surface area contributed by atoms with Crippen LogP contribution in [0.4, 0.5) is 5.69 Å². The highest BCUT2D eigenvalue weighted by molar-refractivity contribution is 7.85. The van der Waals surface area contributed by atoms with E-state index in [1.807, 2.05) is 13.8 Å². The van der Waals surface area contributed by atoms with Crippen molar-refractivity contribution in [1.29, 1.82) is 0 Å². The number of anilines is 1. The lowest BCUT2D eigenvalue weighted by atomic mass is 10.0. The van der Waals surface area contributed by atoms with E-state index in [0.717, 1.165) is 6.42 Å². The molecule has 336 valence electrons. The Morgan fingerprint density at radius 1 is 0.864 bits per heavy atom. The molecule has 0 aliphatic carbocycles. The van der Waals surface area contributed by atoms with Crippen molar-refractivity contribution in [3.8, 4) is 5.75 Å². The Kier molecular flexibility index (Phi) is 25.0. The molecule has 0 radical (unpaired) electrons. The molecular formula is C37H61N5O16S. The van der Waals surface area contributed by atoms with Crippen LogP contribution in [-0.2, 0) is 64.4 Å². The summed E-state index contributed by atoms with van der Waals surface area (Å²) in [4.78, 5) is 73.4. The highest BCUT2D eigenvalue weighted by Crippen LogP contribution is 2.30. The zero-order valence-electron chi connectivity index (χ0n) is 34.4. The van der Waals surface area contributed by atoms with Gasteiger partial charge in [-0.3, -0.25) is 28.5 Å². The van der Waals surface area contributed by atoms with Crippen LogP contribution in [0.5, 0.6) is 5.75 Å². The summed E-state index contributed by atoms with van der Waals surface area (Å²) < 4.78 is 53.2. The lowest BCUT2D eigenvalue weighted by Crippen LogP contribution is -2.51. The number of ether oxygens (including phenoxy) is 5. The number of aliphatic hydroxyl groups excluding tert-OH is 1. The Balaban J connectivity index is 0.00000327. The Labute approximate surface area is 344 Å². The molecule has 5 amide bonds. The first-order valence-electron chi connectivity index (χ1n) is 19.0. The second-order valence-electron chi connectivity index (χ2n) is 14.2. The van der Waals surface area contributed by atoms with Gasteiger partial charge in [0.15, 0.2) is 6.10 Å². The molecule has 1 aliphatic heterocycles. The van der Waals surface area contributed by atoms with Crippen LogP contribution in [0.3, 0.4) is 0 Å². The van der Waals surface area contributed by atoms with Crippen LogP contribution in [-0.4, -0.2) is 143 Å². The van der Waals surface area contributed by atoms with Crippen molar-refractivity contribution >= 4 is 51.3 Å². The number of carbonyl (C=O) groups is 6. The molecule has 1 saturated heterocycles. The largest absolute Gasteiger partial charge is 0.479 e. The van der Waals surface area contributed by atoms with E-state index in [9.17, 15) is 47.4 Å². The summed E-state index contributed by atoms with van der Waals surface area (Å²) in [6.07, 6.45) is -1.57. The number of benzene rings is 1. The molecule has 4 unspecified atom stereocenters. The fourth-order valence-corrected chi connectivity index (χ4v) is 5.01. The molecule has 0 saturated carbocycles. The molecule has 1 fully saturated rings. The van der Waals surface area contributed by atoms with Crippen molar-refractivity contribution in [2.45, 2.75) is 90.9 Å². The fourth-order valence-electron chi connectivity index (χ4n) is 5.01. The van der Waals surface area contributed by atoms with Crippen molar-refractivity contribution in [2.24, 2.45) is 11.8 Å². The van der Waals surface area contributed by atoms with Gasteiger partial charge < -0.3 is 60.5 Å². The summed E-state index contributed by atoms with van der Waals surface area (Å²) in [5.74, 6) is -3.06. The maximum atomic E-state index is 13.0. The van der Waals surface area contributed by atoms with E-state index < -0.39 is 64.9 Å². The summed E-state index contributed by atoms with van der Waals surface area (Å²) in [5.41, 5.74) is 0.902. The Bertz CT molecular complexity index is 1600. The van der Waals surface area contributed by atoms with Gasteiger partial charge in [-0.1, -0.05) is 33.8 Å². The Morgan fingerprint density at radius 2 is 1.51 bits per heavy atom. The van der Waals surface area contributed by atoms with E-state index in [0.29, 0.717) is 24.2 Å². The van der Waals surface area contributed by atoms with Crippen molar-refractivity contribution in [3.63, 3.8) is 0 Å². The van der Waals surface area contributed by atoms with Crippen LogP contribution in [0.25, 0.3) is 0 Å². The molecule has 8 N–H and O–H groups in total. The SMILES string of the molecule is COCc1ccc(NC(=O)CNC(=O)C(NC(=O)CCOCCOCCNC(=O)CNC(=O)CCC(C)C)C(C)C)c(OC2CC(O)CC(C(=O)O)O2)c1.CS(=O)(=O)O. The average molecular weight is 864 g/mol. The molecule has 1 aromatic rings. The maximum absolute atomic E-state index is 13.0. The van der Waals surface area contributed by atoms with E-state index in [1.54, 1.807) is 32.0 Å². The van der Waals surface area contributed by atoms with Gasteiger partial charge in [0.25, 0.3) is 10.1 Å². The Hall–Kier alpha value is -4.45. The topological polar surface area (TPSA) is 304 Å². The van der Waals surface area contributed by atoms with Crippen LogP contribution >= 0.6 is 0 Å². The van der Waals surface area contributed by atoms with E-state index in [4.69, 9.17) is 28.2 Å². The van der Waals surface area contributed by atoms with Crippen molar-refractivity contribution < 1.29 is 75.6 Å². The number of methoxy groups -OCH3 is 1. The third kappa shape index (κ3) is 25.6. The molecule has 2 rings (SSSR count). The smallest absolute Gasteiger partial charge is 0.333 e. The molecule has 21 nitrogen and oxygen atoms in total. The van der Waals surface area contributed by atoms with Crippen LogP contribution in [0.2, 0.25) is 0 Å². The summed E-state index contributed by atoms with van der Waals surface area (Å²) in [5, 5.41) is 32.6. The predicted molar refractivity (Wildman–Crippen MR) is 212 cm³/mol. The fraction of sp³-hybridized carbons (Fsp3) is 0.676. The van der Waals surface area contributed by atoms with Crippen LogP contribution in [0.15, 0.2) is 18.2 Å². The van der Waals surface area contributed by atoms with Crippen LogP contribution in [0, 0.1) is 11.8 Å². The number of amides is 5. The minimum Gasteiger partial charge on any atom is -0.479 e.